The van der Waals surface area contributed by atoms with E-state index in [0.29, 0.717) is 6.10 Å². The minimum Gasteiger partial charge on any atom is -0.378 e. The zero-order valence-corrected chi connectivity index (χ0v) is 12.9. The number of ether oxygens (including phenoxy) is 1. The number of nitrogens with one attached hydrogen (secondary N) is 1. The van der Waals surface area contributed by atoms with Crippen molar-refractivity contribution in [2.45, 2.75) is 64.5 Å². The van der Waals surface area contributed by atoms with Crippen molar-refractivity contribution in [3.8, 4) is 0 Å². The van der Waals surface area contributed by atoms with E-state index < -0.39 is 0 Å². The Bertz CT molecular complexity index is 241. The highest BCUT2D eigenvalue weighted by atomic mass is 16.5. The molecule has 0 amide bonds. The van der Waals surface area contributed by atoms with Gasteiger partial charge in [0.05, 0.1) is 6.10 Å². The van der Waals surface area contributed by atoms with Crippen molar-refractivity contribution < 1.29 is 4.74 Å². The normalized spacial score (nSPS) is 32.8. The van der Waals surface area contributed by atoms with Gasteiger partial charge in [-0.05, 0) is 64.1 Å². The molecular formula is C16H32N2O. The molecule has 3 nitrogen and oxygen atoms in total. The third kappa shape index (κ3) is 5.05. The van der Waals surface area contributed by atoms with E-state index in [2.05, 4.69) is 24.1 Å². The summed E-state index contributed by atoms with van der Waals surface area (Å²) >= 11 is 0. The molecule has 3 atom stereocenters. The summed E-state index contributed by atoms with van der Waals surface area (Å²) in [5, 5.41) is 3.70. The van der Waals surface area contributed by atoms with Crippen LogP contribution in [0.2, 0.25) is 0 Å². The van der Waals surface area contributed by atoms with Crippen LogP contribution in [0.5, 0.6) is 0 Å². The van der Waals surface area contributed by atoms with Crippen molar-refractivity contribution >= 4 is 0 Å². The van der Waals surface area contributed by atoms with Crippen LogP contribution in [-0.2, 0) is 4.74 Å². The molecule has 0 saturated carbocycles. The molecule has 0 aliphatic carbocycles. The number of piperidine rings is 1. The van der Waals surface area contributed by atoms with E-state index >= 15 is 0 Å². The molecule has 0 bridgehead atoms. The van der Waals surface area contributed by atoms with Gasteiger partial charge < -0.3 is 15.0 Å². The second kappa shape index (κ2) is 8.23. The molecular weight excluding hydrogens is 236 g/mol. The second-order valence-electron chi connectivity index (χ2n) is 6.40. The van der Waals surface area contributed by atoms with Crippen LogP contribution in [-0.4, -0.2) is 49.8 Å². The smallest absolute Gasteiger partial charge is 0.0576 e. The number of hydrogen-bond donors (Lipinski definition) is 1. The Labute approximate surface area is 119 Å². The lowest BCUT2D eigenvalue weighted by atomic mass is 9.93. The lowest BCUT2D eigenvalue weighted by molar-refractivity contribution is 0.0929. The SMILES string of the molecule is CCCNC1CCN(CCCC2CCCO2)CC1C. The van der Waals surface area contributed by atoms with Gasteiger partial charge in [-0.1, -0.05) is 13.8 Å². The molecule has 0 spiro atoms. The minimum atomic E-state index is 0.571. The molecule has 112 valence electrons. The van der Waals surface area contributed by atoms with Crippen LogP contribution in [0.25, 0.3) is 0 Å². The molecule has 2 heterocycles. The van der Waals surface area contributed by atoms with Gasteiger partial charge in [-0.25, -0.2) is 0 Å². The zero-order chi connectivity index (χ0) is 13.5. The van der Waals surface area contributed by atoms with Crippen LogP contribution >= 0.6 is 0 Å². The van der Waals surface area contributed by atoms with E-state index in [1.807, 2.05) is 0 Å². The Kier molecular flexibility index (Phi) is 6.62. The van der Waals surface area contributed by atoms with Crippen LogP contribution in [0.3, 0.4) is 0 Å². The Balaban J connectivity index is 1.58. The molecule has 0 aromatic carbocycles. The molecule has 3 unspecified atom stereocenters. The largest absolute Gasteiger partial charge is 0.378 e. The summed E-state index contributed by atoms with van der Waals surface area (Å²) in [5.74, 6) is 0.794. The summed E-state index contributed by atoms with van der Waals surface area (Å²) < 4.78 is 5.70. The summed E-state index contributed by atoms with van der Waals surface area (Å²) in [7, 11) is 0. The number of likely N-dealkylation sites (tertiary alicyclic amines) is 1. The van der Waals surface area contributed by atoms with Gasteiger partial charge in [-0.15, -0.1) is 0 Å². The molecule has 2 fully saturated rings. The van der Waals surface area contributed by atoms with Crippen LogP contribution < -0.4 is 5.32 Å². The molecule has 3 heteroatoms. The van der Waals surface area contributed by atoms with Crippen molar-refractivity contribution in [2.24, 2.45) is 5.92 Å². The van der Waals surface area contributed by atoms with Crippen LogP contribution in [0.1, 0.15) is 52.4 Å². The highest BCUT2D eigenvalue weighted by molar-refractivity contribution is 4.82. The molecule has 1 N–H and O–H groups in total. The Hall–Kier alpha value is -0.120. The fourth-order valence-corrected chi connectivity index (χ4v) is 3.48. The minimum absolute atomic E-state index is 0.571. The van der Waals surface area contributed by atoms with Gasteiger partial charge in [0, 0.05) is 19.2 Å². The number of hydrogen-bond acceptors (Lipinski definition) is 3. The zero-order valence-electron chi connectivity index (χ0n) is 12.9. The van der Waals surface area contributed by atoms with E-state index in [1.54, 1.807) is 0 Å². The lowest BCUT2D eigenvalue weighted by Crippen LogP contribution is -2.48. The topological polar surface area (TPSA) is 24.5 Å². The van der Waals surface area contributed by atoms with Crippen molar-refractivity contribution in [3.05, 3.63) is 0 Å². The van der Waals surface area contributed by atoms with Gasteiger partial charge in [-0.3, -0.25) is 0 Å². The average Bonchev–Trinajstić information content (AvgIpc) is 2.91. The first-order valence-corrected chi connectivity index (χ1v) is 8.37. The van der Waals surface area contributed by atoms with Crippen molar-refractivity contribution in [2.75, 3.05) is 32.8 Å². The molecule has 2 saturated heterocycles. The van der Waals surface area contributed by atoms with E-state index in [-0.39, 0.29) is 0 Å². The first-order valence-electron chi connectivity index (χ1n) is 8.37. The predicted octanol–water partition coefficient (Wildman–Crippen LogP) is 2.66. The van der Waals surface area contributed by atoms with Crippen LogP contribution in [0.4, 0.5) is 0 Å². The Morgan fingerprint density at radius 1 is 1.32 bits per heavy atom. The molecule has 0 aromatic rings. The van der Waals surface area contributed by atoms with Gasteiger partial charge >= 0.3 is 0 Å². The molecule has 19 heavy (non-hydrogen) atoms. The predicted molar refractivity (Wildman–Crippen MR) is 80.5 cm³/mol. The summed E-state index contributed by atoms with van der Waals surface area (Å²) in [6, 6.07) is 0.745. The van der Waals surface area contributed by atoms with Crippen LogP contribution in [0.15, 0.2) is 0 Å². The Morgan fingerprint density at radius 2 is 2.21 bits per heavy atom. The molecule has 2 aliphatic rings. The number of rotatable bonds is 7. The highest BCUT2D eigenvalue weighted by Gasteiger charge is 2.25. The van der Waals surface area contributed by atoms with Gasteiger partial charge in [-0.2, -0.15) is 0 Å². The van der Waals surface area contributed by atoms with Crippen molar-refractivity contribution in [1.82, 2.24) is 10.2 Å². The first kappa shape index (κ1) is 15.3. The van der Waals surface area contributed by atoms with Crippen molar-refractivity contribution in [1.29, 1.82) is 0 Å². The summed E-state index contributed by atoms with van der Waals surface area (Å²) in [4.78, 5) is 2.66. The maximum absolute atomic E-state index is 5.70. The van der Waals surface area contributed by atoms with E-state index in [0.717, 1.165) is 18.6 Å². The molecule has 2 aliphatic heterocycles. The quantitative estimate of drug-likeness (QED) is 0.768. The van der Waals surface area contributed by atoms with Gasteiger partial charge in [0.15, 0.2) is 0 Å². The number of nitrogens with zero attached hydrogens (tertiary/aromatic N) is 1. The first-order chi connectivity index (χ1) is 9.29. The summed E-state index contributed by atoms with van der Waals surface area (Å²) in [5.41, 5.74) is 0. The Morgan fingerprint density at radius 3 is 2.89 bits per heavy atom. The average molecular weight is 268 g/mol. The highest BCUT2D eigenvalue weighted by Crippen LogP contribution is 2.20. The van der Waals surface area contributed by atoms with E-state index in [4.69, 9.17) is 4.74 Å². The van der Waals surface area contributed by atoms with Crippen LogP contribution in [0, 0.1) is 5.92 Å². The molecule has 2 rings (SSSR count). The maximum atomic E-state index is 5.70. The van der Waals surface area contributed by atoms with Gasteiger partial charge in [0.1, 0.15) is 0 Å². The van der Waals surface area contributed by atoms with E-state index in [1.165, 1.54) is 64.7 Å². The maximum Gasteiger partial charge on any atom is 0.0576 e. The second-order valence-corrected chi connectivity index (χ2v) is 6.40. The molecule has 0 aromatic heterocycles. The fraction of sp³-hybridized carbons (Fsp3) is 1.00. The van der Waals surface area contributed by atoms with Crippen molar-refractivity contribution in [3.63, 3.8) is 0 Å². The fourth-order valence-electron chi connectivity index (χ4n) is 3.48. The molecule has 0 radical (unpaired) electrons. The summed E-state index contributed by atoms with van der Waals surface area (Å²) in [6.45, 7) is 10.6. The lowest BCUT2D eigenvalue weighted by Gasteiger charge is -2.37. The third-order valence-electron chi connectivity index (χ3n) is 4.67. The third-order valence-corrected chi connectivity index (χ3v) is 4.67. The van der Waals surface area contributed by atoms with Gasteiger partial charge in [0.2, 0.25) is 0 Å². The standard InChI is InChI=1S/C16H32N2O/c1-3-9-17-16-8-11-18(13-14(16)2)10-4-6-15-7-5-12-19-15/h14-17H,3-13H2,1-2H3. The monoisotopic (exact) mass is 268 g/mol. The van der Waals surface area contributed by atoms with Gasteiger partial charge in [0.25, 0.3) is 0 Å². The van der Waals surface area contributed by atoms with E-state index in [9.17, 15) is 0 Å². The summed E-state index contributed by atoms with van der Waals surface area (Å²) in [6.07, 6.45) is 8.28.